The van der Waals surface area contributed by atoms with E-state index in [-0.39, 0.29) is 0 Å². The van der Waals surface area contributed by atoms with Crippen LogP contribution in [0.4, 0.5) is 5.13 Å². The summed E-state index contributed by atoms with van der Waals surface area (Å²) >= 11 is 1.59. The van der Waals surface area contributed by atoms with Crippen molar-refractivity contribution in [2.45, 2.75) is 26.7 Å². The minimum atomic E-state index is 0.532. The Labute approximate surface area is 143 Å². The molecule has 1 N–H and O–H groups in total. The number of aryl methyl sites for hydroxylation is 1. The second kappa shape index (κ2) is 6.16. The highest BCUT2D eigenvalue weighted by atomic mass is 32.1. The van der Waals surface area contributed by atoms with Gasteiger partial charge in [0, 0.05) is 19.0 Å². The Morgan fingerprint density at radius 3 is 3.00 bits per heavy atom. The van der Waals surface area contributed by atoms with Crippen LogP contribution in [0, 0.1) is 6.92 Å². The van der Waals surface area contributed by atoms with Crippen LogP contribution in [0.15, 0.2) is 39.3 Å². The number of rotatable bonds is 3. The fourth-order valence-corrected chi connectivity index (χ4v) is 3.53. The van der Waals surface area contributed by atoms with Gasteiger partial charge in [0.1, 0.15) is 5.84 Å². The lowest BCUT2D eigenvalue weighted by Gasteiger charge is -2.11. The first-order valence-electron chi connectivity index (χ1n) is 7.93. The Morgan fingerprint density at radius 2 is 2.21 bits per heavy atom. The summed E-state index contributed by atoms with van der Waals surface area (Å²) in [6.07, 6.45) is 4.24. The minimum Gasteiger partial charge on any atom is -0.421 e. The molecule has 24 heavy (non-hydrogen) atoms. The van der Waals surface area contributed by atoms with Crippen LogP contribution in [-0.4, -0.2) is 27.6 Å². The molecule has 122 valence electrons. The van der Waals surface area contributed by atoms with Crippen molar-refractivity contribution in [1.82, 2.24) is 15.2 Å². The summed E-state index contributed by atoms with van der Waals surface area (Å²) in [4.78, 5) is 9.15. The first kappa shape index (κ1) is 15.0. The molecule has 1 aromatic carbocycles. The predicted octanol–water partition coefficient (Wildman–Crippen LogP) is 4.21. The van der Waals surface area contributed by atoms with Crippen LogP contribution in [-0.2, 0) is 0 Å². The molecule has 4 rings (SSSR count). The van der Waals surface area contributed by atoms with Gasteiger partial charge >= 0.3 is 0 Å². The maximum Gasteiger partial charge on any atom is 0.247 e. The maximum atomic E-state index is 5.49. The molecule has 0 radical (unpaired) electrons. The summed E-state index contributed by atoms with van der Waals surface area (Å²) in [5, 5.41) is 12.1. The number of thiazole rings is 1. The van der Waals surface area contributed by atoms with Gasteiger partial charge < -0.3 is 9.73 Å². The van der Waals surface area contributed by atoms with Crippen LogP contribution in [0.25, 0.3) is 21.7 Å². The molecule has 0 saturated carbocycles. The Hall–Kier alpha value is -2.54. The fourth-order valence-electron chi connectivity index (χ4n) is 2.62. The lowest BCUT2D eigenvalue weighted by atomic mass is 10.1. The van der Waals surface area contributed by atoms with Crippen LogP contribution in [0.3, 0.4) is 0 Å². The number of aliphatic imine (C=N–C) groups is 1. The Balaban J connectivity index is 1.62. The summed E-state index contributed by atoms with van der Waals surface area (Å²) in [6.45, 7) is 4.80. The molecule has 3 aromatic rings. The molecular formula is C17H17N5OS. The third kappa shape index (κ3) is 2.94. The first-order chi connectivity index (χ1) is 11.7. The third-order valence-corrected chi connectivity index (χ3v) is 4.84. The maximum absolute atomic E-state index is 5.49. The average molecular weight is 339 g/mol. The molecule has 0 aliphatic carbocycles. The van der Waals surface area contributed by atoms with Gasteiger partial charge in [-0.15, -0.1) is 10.2 Å². The van der Waals surface area contributed by atoms with Crippen LogP contribution < -0.4 is 5.32 Å². The smallest absolute Gasteiger partial charge is 0.247 e. The van der Waals surface area contributed by atoms with E-state index in [1.807, 2.05) is 18.2 Å². The SMILES string of the molecule is CCC1=CC(Nc2nc3ccc(-c4nnc(C)o4)cc3s2)=NCC1. The van der Waals surface area contributed by atoms with Crippen LogP contribution in [0.5, 0.6) is 0 Å². The van der Waals surface area contributed by atoms with E-state index in [0.717, 1.165) is 46.1 Å². The monoisotopic (exact) mass is 339 g/mol. The minimum absolute atomic E-state index is 0.532. The molecule has 7 heteroatoms. The zero-order chi connectivity index (χ0) is 16.5. The number of hydrogen-bond donors (Lipinski definition) is 1. The number of benzene rings is 1. The van der Waals surface area contributed by atoms with Crippen molar-refractivity contribution in [2.75, 3.05) is 11.9 Å². The molecule has 0 saturated heterocycles. The molecule has 1 aliphatic rings. The van der Waals surface area contributed by atoms with E-state index >= 15 is 0 Å². The number of fused-ring (bicyclic) bond motifs is 1. The van der Waals surface area contributed by atoms with Gasteiger partial charge in [-0.05, 0) is 37.1 Å². The second-order valence-corrected chi connectivity index (χ2v) is 6.66. The summed E-state index contributed by atoms with van der Waals surface area (Å²) in [5.41, 5.74) is 3.27. The van der Waals surface area contributed by atoms with Crippen molar-refractivity contribution in [1.29, 1.82) is 0 Å². The zero-order valence-electron chi connectivity index (χ0n) is 13.5. The number of nitrogens with zero attached hydrogens (tertiary/aromatic N) is 4. The fraction of sp³-hybridized carbons (Fsp3) is 0.294. The zero-order valence-corrected chi connectivity index (χ0v) is 14.4. The van der Waals surface area contributed by atoms with E-state index in [9.17, 15) is 0 Å². The largest absolute Gasteiger partial charge is 0.421 e. The average Bonchev–Trinajstić information content (AvgIpc) is 3.19. The number of dihydropyridines is 1. The number of amidine groups is 1. The highest BCUT2D eigenvalue weighted by Gasteiger charge is 2.11. The van der Waals surface area contributed by atoms with Crippen molar-refractivity contribution >= 4 is 32.5 Å². The third-order valence-electron chi connectivity index (χ3n) is 3.91. The van der Waals surface area contributed by atoms with Gasteiger partial charge in [-0.2, -0.15) is 0 Å². The second-order valence-electron chi connectivity index (χ2n) is 5.63. The predicted molar refractivity (Wildman–Crippen MR) is 96.6 cm³/mol. The highest BCUT2D eigenvalue weighted by molar-refractivity contribution is 7.22. The molecule has 0 atom stereocenters. The van der Waals surface area contributed by atoms with E-state index in [4.69, 9.17) is 4.42 Å². The van der Waals surface area contributed by atoms with E-state index in [0.29, 0.717) is 11.8 Å². The Bertz CT molecular complexity index is 953. The lowest BCUT2D eigenvalue weighted by Crippen LogP contribution is -2.14. The number of aromatic nitrogens is 3. The standard InChI is InChI=1S/C17H17N5OS/c1-3-11-6-7-18-15(8-11)20-17-19-13-5-4-12(9-14(13)24-17)16-22-21-10(2)23-16/h4-5,8-9H,3,6-7H2,1-2H3,(H,18,19,20). The molecule has 3 heterocycles. The molecule has 6 nitrogen and oxygen atoms in total. The van der Waals surface area contributed by atoms with Crippen LogP contribution >= 0.6 is 11.3 Å². The van der Waals surface area contributed by atoms with Gasteiger partial charge in [0.15, 0.2) is 5.13 Å². The van der Waals surface area contributed by atoms with Gasteiger partial charge in [-0.1, -0.05) is 23.8 Å². The molecular weight excluding hydrogens is 322 g/mol. The van der Waals surface area contributed by atoms with Crippen molar-refractivity contribution in [3.8, 4) is 11.5 Å². The molecule has 2 aromatic heterocycles. The Morgan fingerprint density at radius 1 is 1.29 bits per heavy atom. The molecule has 0 spiro atoms. The summed E-state index contributed by atoms with van der Waals surface area (Å²) in [5.74, 6) is 1.99. The van der Waals surface area contributed by atoms with Gasteiger partial charge in [-0.3, -0.25) is 4.99 Å². The van der Waals surface area contributed by atoms with E-state index < -0.39 is 0 Å². The van der Waals surface area contributed by atoms with Gasteiger partial charge in [0.25, 0.3) is 0 Å². The van der Waals surface area contributed by atoms with Crippen LogP contribution in [0.1, 0.15) is 25.7 Å². The van der Waals surface area contributed by atoms with Crippen LogP contribution in [0.2, 0.25) is 0 Å². The van der Waals surface area contributed by atoms with Crippen molar-refractivity contribution in [3.63, 3.8) is 0 Å². The Kier molecular flexibility index (Phi) is 3.86. The molecule has 0 amide bonds. The molecule has 0 fully saturated rings. The number of nitrogens with one attached hydrogen (secondary N) is 1. The summed E-state index contributed by atoms with van der Waals surface area (Å²) < 4.78 is 6.56. The normalized spacial score (nSPS) is 14.6. The molecule has 0 bridgehead atoms. The van der Waals surface area contributed by atoms with Crippen molar-refractivity contribution in [3.05, 3.63) is 35.7 Å². The summed E-state index contributed by atoms with van der Waals surface area (Å²) in [6, 6.07) is 5.95. The number of anilines is 1. The topological polar surface area (TPSA) is 76.2 Å². The summed E-state index contributed by atoms with van der Waals surface area (Å²) in [7, 11) is 0. The quantitative estimate of drug-likeness (QED) is 0.773. The van der Waals surface area contributed by atoms with Gasteiger partial charge in [-0.25, -0.2) is 4.98 Å². The molecule has 1 aliphatic heterocycles. The van der Waals surface area contributed by atoms with Gasteiger partial charge in [0.2, 0.25) is 11.8 Å². The lowest BCUT2D eigenvalue weighted by molar-refractivity contribution is 0.533. The van der Waals surface area contributed by atoms with E-state index in [1.165, 1.54) is 5.57 Å². The van der Waals surface area contributed by atoms with Gasteiger partial charge in [0.05, 0.1) is 10.2 Å². The van der Waals surface area contributed by atoms with Crippen molar-refractivity contribution < 1.29 is 4.42 Å². The first-order valence-corrected chi connectivity index (χ1v) is 8.75. The van der Waals surface area contributed by atoms with E-state index in [2.05, 4.69) is 38.5 Å². The highest BCUT2D eigenvalue weighted by Crippen LogP contribution is 2.30. The van der Waals surface area contributed by atoms with Crippen molar-refractivity contribution in [2.24, 2.45) is 4.99 Å². The number of hydrogen-bond acceptors (Lipinski definition) is 7. The molecule has 0 unspecified atom stereocenters. The van der Waals surface area contributed by atoms with E-state index in [1.54, 1.807) is 18.3 Å².